The SMILES string of the molecule is COC(=O)COc1cccc(Oc2ccc(C#N)cc2N=O)c1C(=O)OC. The number of benzene rings is 2. The third kappa shape index (κ3) is 4.58. The molecule has 138 valence electrons. The molecule has 0 saturated heterocycles. The Bertz CT molecular complexity index is 918. The first-order valence-electron chi connectivity index (χ1n) is 7.50. The smallest absolute Gasteiger partial charge is 0.345 e. The van der Waals surface area contributed by atoms with Crippen LogP contribution in [0.2, 0.25) is 0 Å². The lowest BCUT2D eigenvalue weighted by molar-refractivity contribution is -0.142. The van der Waals surface area contributed by atoms with Gasteiger partial charge in [-0.1, -0.05) is 6.07 Å². The molecule has 0 radical (unpaired) electrons. The summed E-state index contributed by atoms with van der Waals surface area (Å²) < 4.78 is 20.2. The topological polar surface area (TPSA) is 124 Å². The summed E-state index contributed by atoms with van der Waals surface area (Å²) in [5.74, 6) is -1.35. The summed E-state index contributed by atoms with van der Waals surface area (Å²) in [7, 11) is 2.37. The number of hydrogen-bond donors (Lipinski definition) is 0. The van der Waals surface area contributed by atoms with E-state index in [1.807, 2.05) is 6.07 Å². The molecule has 0 aliphatic rings. The number of nitriles is 1. The molecule has 0 bridgehead atoms. The van der Waals surface area contributed by atoms with Gasteiger partial charge >= 0.3 is 11.9 Å². The van der Waals surface area contributed by atoms with Crippen LogP contribution in [0.3, 0.4) is 0 Å². The summed E-state index contributed by atoms with van der Waals surface area (Å²) in [4.78, 5) is 34.5. The van der Waals surface area contributed by atoms with Gasteiger partial charge in [0, 0.05) is 0 Å². The van der Waals surface area contributed by atoms with Crippen molar-refractivity contribution in [2.45, 2.75) is 0 Å². The second kappa shape index (κ2) is 8.96. The second-order valence-corrected chi connectivity index (χ2v) is 4.97. The van der Waals surface area contributed by atoms with Crippen molar-refractivity contribution < 1.29 is 28.5 Å². The first kappa shape index (κ1) is 19.4. The Morgan fingerprint density at radius 2 is 1.81 bits per heavy atom. The summed E-state index contributed by atoms with van der Waals surface area (Å²) in [6.07, 6.45) is 0. The van der Waals surface area contributed by atoms with E-state index in [1.54, 1.807) is 0 Å². The Labute approximate surface area is 154 Å². The number of ether oxygens (including phenoxy) is 4. The molecule has 0 spiro atoms. The van der Waals surface area contributed by atoms with E-state index in [1.165, 1.54) is 50.6 Å². The summed E-state index contributed by atoms with van der Waals surface area (Å²) in [6, 6.07) is 10.3. The van der Waals surface area contributed by atoms with Crippen LogP contribution in [0, 0.1) is 16.2 Å². The quantitative estimate of drug-likeness (QED) is 0.538. The Hall–Kier alpha value is -3.93. The van der Waals surface area contributed by atoms with E-state index in [9.17, 15) is 14.5 Å². The number of carbonyl (C=O) groups excluding carboxylic acids is 2. The predicted octanol–water partition coefficient (Wildman–Crippen LogP) is 3.09. The van der Waals surface area contributed by atoms with Gasteiger partial charge in [-0.15, -0.1) is 4.91 Å². The molecule has 27 heavy (non-hydrogen) atoms. The molecule has 0 aliphatic carbocycles. The molecule has 2 aromatic rings. The number of nitroso groups, excluding NO2 is 1. The van der Waals surface area contributed by atoms with Crippen molar-refractivity contribution in [1.29, 1.82) is 5.26 Å². The minimum Gasteiger partial charge on any atom is -0.481 e. The molecule has 0 unspecified atom stereocenters. The molecule has 0 fully saturated rings. The first-order valence-corrected chi connectivity index (χ1v) is 7.50. The van der Waals surface area contributed by atoms with Crippen molar-refractivity contribution in [2.75, 3.05) is 20.8 Å². The van der Waals surface area contributed by atoms with Crippen molar-refractivity contribution in [1.82, 2.24) is 0 Å². The van der Waals surface area contributed by atoms with Gasteiger partial charge in [0.1, 0.15) is 17.1 Å². The minimum absolute atomic E-state index is 0.0128. The largest absolute Gasteiger partial charge is 0.481 e. The zero-order chi connectivity index (χ0) is 19.8. The van der Waals surface area contributed by atoms with Crippen LogP contribution in [0.15, 0.2) is 41.6 Å². The Morgan fingerprint density at radius 1 is 1.07 bits per heavy atom. The van der Waals surface area contributed by atoms with Crippen molar-refractivity contribution in [3.63, 3.8) is 0 Å². The van der Waals surface area contributed by atoms with Gasteiger partial charge < -0.3 is 18.9 Å². The fourth-order valence-electron chi connectivity index (χ4n) is 2.08. The Balaban J connectivity index is 2.44. The van der Waals surface area contributed by atoms with E-state index in [-0.39, 0.29) is 34.1 Å². The molecular formula is C18H14N2O7. The fourth-order valence-corrected chi connectivity index (χ4v) is 2.08. The molecule has 0 aliphatic heterocycles. The van der Waals surface area contributed by atoms with Gasteiger partial charge in [-0.3, -0.25) is 0 Å². The van der Waals surface area contributed by atoms with Crippen LogP contribution in [0.1, 0.15) is 15.9 Å². The van der Waals surface area contributed by atoms with E-state index in [0.29, 0.717) is 0 Å². The van der Waals surface area contributed by atoms with Crippen LogP contribution in [0.25, 0.3) is 0 Å². The number of carbonyl (C=O) groups is 2. The highest BCUT2D eigenvalue weighted by Gasteiger charge is 2.22. The molecule has 0 saturated carbocycles. The van der Waals surface area contributed by atoms with E-state index in [0.717, 1.165) is 0 Å². The third-order valence-corrected chi connectivity index (χ3v) is 3.36. The summed E-state index contributed by atoms with van der Waals surface area (Å²) >= 11 is 0. The molecule has 9 heteroatoms. The van der Waals surface area contributed by atoms with Gasteiger partial charge in [-0.25, -0.2) is 9.59 Å². The molecule has 0 atom stereocenters. The predicted molar refractivity (Wildman–Crippen MR) is 92.0 cm³/mol. The van der Waals surface area contributed by atoms with Gasteiger partial charge in [0.05, 0.1) is 25.9 Å². The molecule has 9 nitrogen and oxygen atoms in total. The average molecular weight is 370 g/mol. The molecule has 0 heterocycles. The van der Waals surface area contributed by atoms with Gasteiger partial charge in [-0.2, -0.15) is 5.26 Å². The minimum atomic E-state index is -0.778. The maximum atomic E-state index is 12.2. The van der Waals surface area contributed by atoms with Crippen LogP contribution >= 0.6 is 0 Å². The number of rotatable bonds is 7. The monoisotopic (exact) mass is 370 g/mol. The van der Waals surface area contributed by atoms with Crippen molar-refractivity contribution >= 4 is 17.6 Å². The number of hydrogen-bond acceptors (Lipinski definition) is 9. The van der Waals surface area contributed by atoms with E-state index < -0.39 is 18.5 Å². The van der Waals surface area contributed by atoms with Crippen LogP contribution in [0.4, 0.5) is 5.69 Å². The molecular weight excluding hydrogens is 356 g/mol. The van der Waals surface area contributed by atoms with Crippen LogP contribution in [-0.2, 0) is 14.3 Å². The zero-order valence-electron chi connectivity index (χ0n) is 14.4. The summed E-state index contributed by atoms with van der Waals surface area (Å²) in [5.41, 5.74) is 0.0103. The van der Waals surface area contributed by atoms with Crippen molar-refractivity contribution in [3.05, 3.63) is 52.4 Å². The van der Waals surface area contributed by atoms with Gasteiger partial charge in [0.25, 0.3) is 0 Å². The molecule has 2 aromatic carbocycles. The van der Waals surface area contributed by atoms with Crippen LogP contribution in [-0.4, -0.2) is 32.8 Å². The number of nitrogens with zero attached hydrogens (tertiary/aromatic N) is 2. The Kier molecular flexibility index (Phi) is 6.44. The van der Waals surface area contributed by atoms with Crippen molar-refractivity contribution in [3.8, 4) is 23.3 Å². The lowest BCUT2D eigenvalue weighted by Crippen LogP contribution is -2.15. The van der Waals surface area contributed by atoms with Crippen molar-refractivity contribution in [2.24, 2.45) is 5.18 Å². The molecule has 0 amide bonds. The lowest BCUT2D eigenvalue weighted by atomic mass is 10.1. The van der Waals surface area contributed by atoms with Gasteiger partial charge in [0.15, 0.2) is 18.0 Å². The van der Waals surface area contributed by atoms with E-state index in [4.69, 9.17) is 19.5 Å². The standard InChI is InChI=1S/C18H14N2O7/c1-24-16(21)10-26-14-4-3-5-15(17(14)18(22)25-2)27-13-7-6-11(9-19)8-12(13)20-23/h3-8H,10H2,1-2H3. The second-order valence-electron chi connectivity index (χ2n) is 4.97. The highest BCUT2D eigenvalue weighted by atomic mass is 16.6. The normalized spacial score (nSPS) is 9.67. The van der Waals surface area contributed by atoms with E-state index >= 15 is 0 Å². The maximum absolute atomic E-state index is 12.2. The summed E-state index contributed by atoms with van der Waals surface area (Å²) in [6.45, 7) is -0.429. The summed E-state index contributed by atoms with van der Waals surface area (Å²) in [5, 5.41) is 11.7. The van der Waals surface area contributed by atoms with Crippen LogP contribution < -0.4 is 9.47 Å². The van der Waals surface area contributed by atoms with Gasteiger partial charge in [0.2, 0.25) is 0 Å². The number of esters is 2. The molecule has 2 rings (SSSR count). The lowest BCUT2D eigenvalue weighted by Gasteiger charge is -2.14. The first-order chi connectivity index (χ1) is 13.0. The molecule has 0 N–H and O–H groups in total. The third-order valence-electron chi connectivity index (χ3n) is 3.36. The average Bonchev–Trinajstić information content (AvgIpc) is 2.71. The fraction of sp³-hybridized carbons (Fsp3) is 0.167. The van der Waals surface area contributed by atoms with E-state index in [2.05, 4.69) is 9.91 Å². The highest BCUT2D eigenvalue weighted by molar-refractivity contribution is 5.96. The number of methoxy groups -OCH3 is 2. The van der Waals surface area contributed by atoms with Crippen LogP contribution in [0.5, 0.6) is 17.2 Å². The maximum Gasteiger partial charge on any atom is 0.345 e. The molecule has 0 aromatic heterocycles. The van der Waals surface area contributed by atoms with Gasteiger partial charge in [-0.05, 0) is 35.5 Å². The highest BCUT2D eigenvalue weighted by Crippen LogP contribution is 2.37. The zero-order valence-corrected chi connectivity index (χ0v) is 14.4. The Morgan fingerprint density at radius 3 is 2.44 bits per heavy atom.